The monoisotopic (exact) mass is 162 g/mol. The zero-order chi connectivity index (χ0) is 7.98. The van der Waals surface area contributed by atoms with Crippen molar-refractivity contribution >= 4 is 9.28 Å². The summed E-state index contributed by atoms with van der Waals surface area (Å²) in [4.78, 5) is 0. The molecule has 0 aromatic carbocycles. The highest BCUT2D eigenvalue weighted by atomic mass is 28.3. The second kappa shape index (κ2) is 5.89. The van der Waals surface area contributed by atoms with Crippen molar-refractivity contribution < 1.29 is 8.85 Å². The van der Waals surface area contributed by atoms with Gasteiger partial charge in [-0.25, -0.2) is 0 Å². The lowest BCUT2D eigenvalue weighted by Gasteiger charge is -2.15. The van der Waals surface area contributed by atoms with Gasteiger partial charge < -0.3 is 8.85 Å². The molecule has 0 aliphatic rings. The largest absolute Gasteiger partial charge is 0.400 e. The Morgan fingerprint density at radius 2 is 2.00 bits per heavy atom. The predicted octanol–water partition coefficient (Wildman–Crippen LogP) is 1.69. The first-order valence-electron chi connectivity index (χ1n) is 3.89. The van der Waals surface area contributed by atoms with Crippen LogP contribution in [0.1, 0.15) is 27.2 Å². The molecule has 0 aromatic heterocycles. The molecule has 1 unspecified atom stereocenters. The van der Waals surface area contributed by atoms with Crippen LogP contribution in [0.4, 0.5) is 0 Å². The molecule has 0 saturated heterocycles. The zero-order valence-corrected chi connectivity index (χ0v) is 8.54. The second-order valence-electron chi connectivity index (χ2n) is 2.64. The first-order valence-corrected chi connectivity index (χ1v) is 5.64. The minimum absolute atomic E-state index is 0.322. The second-order valence-corrected chi connectivity index (χ2v) is 4.82. The Kier molecular flexibility index (Phi) is 5.97. The van der Waals surface area contributed by atoms with Crippen LogP contribution in [0.2, 0.25) is 6.04 Å². The highest BCUT2D eigenvalue weighted by Gasteiger charge is 2.10. The van der Waals surface area contributed by atoms with Crippen LogP contribution in [0.5, 0.6) is 0 Å². The smallest absolute Gasteiger partial charge is 0.321 e. The van der Waals surface area contributed by atoms with E-state index in [-0.39, 0.29) is 0 Å². The third kappa shape index (κ3) is 4.96. The third-order valence-electron chi connectivity index (χ3n) is 1.21. The molecule has 0 heterocycles. The quantitative estimate of drug-likeness (QED) is 0.573. The maximum absolute atomic E-state index is 5.56. The fraction of sp³-hybridized carbons (Fsp3) is 1.00. The average Bonchev–Trinajstić information content (AvgIpc) is 1.86. The molecular weight excluding hydrogens is 144 g/mol. The van der Waals surface area contributed by atoms with Gasteiger partial charge in [-0.1, -0.05) is 13.3 Å². The van der Waals surface area contributed by atoms with E-state index >= 15 is 0 Å². The summed E-state index contributed by atoms with van der Waals surface area (Å²) in [5.41, 5.74) is 0. The fourth-order valence-corrected chi connectivity index (χ4v) is 2.34. The lowest BCUT2D eigenvalue weighted by atomic mass is 10.5. The van der Waals surface area contributed by atoms with Crippen LogP contribution >= 0.6 is 0 Å². The van der Waals surface area contributed by atoms with Crippen LogP contribution in [-0.2, 0) is 8.85 Å². The van der Waals surface area contributed by atoms with E-state index in [0.717, 1.165) is 12.5 Å². The molecule has 3 heteroatoms. The minimum atomic E-state index is -1.27. The van der Waals surface area contributed by atoms with Crippen LogP contribution in [0.15, 0.2) is 0 Å². The van der Waals surface area contributed by atoms with Crippen molar-refractivity contribution in [2.24, 2.45) is 0 Å². The summed E-state index contributed by atoms with van der Waals surface area (Å²) in [6, 6.07) is 1.12. The SMILES string of the molecule is CCC[SiH](OC)OC(C)C. The molecule has 0 saturated carbocycles. The van der Waals surface area contributed by atoms with E-state index in [2.05, 4.69) is 20.8 Å². The molecule has 0 bridgehead atoms. The Morgan fingerprint density at radius 3 is 2.30 bits per heavy atom. The lowest BCUT2D eigenvalue weighted by Crippen LogP contribution is -2.24. The van der Waals surface area contributed by atoms with Crippen molar-refractivity contribution in [3.63, 3.8) is 0 Å². The van der Waals surface area contributed by atoms with E-state index in [1.165, 1.54) is 0 Å². The molecule has 0 spiro atoms. The van der Waals surface area contributed by atoms with Crippen LogP contribution < -0.4 is 0 Å². The van der Waals surface area contributed by atoms with Crippen LogP contribution in [0.25, 0.3) is 0 Å². The van der Waals surface area contributed by atoms with Gasteiger partial charge in [0.2, 0.25) is 0 Å². The average molecular weight is 162 g/mol. The van der Waals surface area contributed by atoms with Crippen LogP contribution in [0.3, 0.4) is 0 Å². The van der Waals surface area contributed by atoms with Gasteiger partial charge in [0.05, 0.1) is 0 Å². The lowest BCUT2D eigenvalue weighted by molar-refractivity contribution is 0.178. The molecule has 0 N–H and O–H groups in total. The summed E-state index contributed by atoms with van der Waals surface area (Å²) in [5.74, 6) is 0. The minimum Gasteiger partial charge on any atom is -0.400 e. The van der Waals surface area contributed by atoms with Gasteiger partial charge in [-0.15, -0.1) is 0 Å². The summed E-state index contributed by atoms with van der Waals surface area (Å²) < 4.78 is 10.8. The first-order chi connectivity index (χ1) is 4.70. The summed E-state index contributed by atoms with van der Waals surface area (Å²) in [5, 5.41) is 0. The topological polar surface area (TPSA) is 18.5 Å². The molecule has 62 valence electrons. The predicted molar refractivity (Wildman–Crippen MR) is 45.5 cm³/mol. The standard InChI is InChI=1S/C7H18O2Si/c1-5-6-10(8-4)9-7(2)3/h7,10H,5-6H2,1-4H3. The molecule has 0 amide bonds. The summed E-state index contributed by atoms with van der Waals surface area (Å²) in [6.45, 7) is 6.26. The molecule has 0 aliphatic carbocycles. The van der Waals surface area contributed by atoms with Gasteiger partial charge in [0, 0.05) is 13.2 Å². The molecule has 0 aromatic rings. The molecule has 0 radical (unpaired) electrons. The van der Waals surface area contributed by atoms with Gasteiger partial charge in [0.1, 0.15) is 0 Å². The number of rotatable bonds is 5. The number of hydrogen-bond donors (Lipinski definition) is 0. The Hall–Kier alpha value is 0.137. The summed E-state index contributed by atoms with van der Waals surface area (Å²) in [7, 11) is 0.474. The third-order valence-corrected chi connectivity index (χ3v) is 3.63. The van der Waals surface area contributed by atoms with Crippen molar-refractivity contribution in [3.05, 3.63) is 0 Å². The van der Waals surface area contributed by atoms with Gasteiger partial charge in [-0.3, -0.25) is 0 Å². The van der Waals surface area contributed by atoms with E-state index in [9.17, 15) is 0 Å². The Labute approximate surface area is 65.4 Å². The van der Waals surface area contributed by atoms with E-state index < -0.39 is 9.28 Å². The van der Waals surface area contributed by atoms with E-state index in [1.54, 1.807) is 7.11 Å². The fourth-order valence-electron chi connectivity index (χ4n) is 0.781. The van der Waals surface area contributed by atoms with Crippen molar-refractivity contribution in [1.29, 1.82) is 0 Å². The number of hydrogen-bond acceptors (Lipinski definition) is 2. The van der Waals surface area contributed by atoms with Crippen molar-refractivity contribution in [2.75, 3.05) is 7.11 Å². The summed E-state index contributed by atoms with van der Waals surface area (Å²) in [6.07, 6.45) is 1.49. The van der Waals surface area contributed by atoms with Gasteiger partial charge in [0.15, 0.2) is 0 Å². The van der Waals surface area contributed by atoms with Gasteiger partial charge >= 0.3 is 9.28 Å². The van der Waals surface area contributed by atoms with E-state index in [0.29, 0.717) is 6.10 Å². The van der Waals surface area contributed by atoms with Crippen molar-refractivity contribution in [1.82, 2.24) is 0 Å². The van der Waals surface area contributed by atoms with Crippen LogP contribution in [-0.4, -0.2) is 22.5 Å². The molecule has 2 nitrogen and oxygen atoms in total. The maximum atomic E-state index is 5.56. The molecular formula is C7H18O2Si. The van der Waals surface area contributed by atoms with Crippen LogP contribution in [0, 0.1) is 0 Å². The highest BCUT2D eigenvalue weighted by Crippen LogP contribution is 2.02. The Bertz CT molecular complexity index is 76.0. The van der Waals surface area contributed by atoms with E-state index in [1.807, 2.05) is 0 Å². The molecule has 0 aliphatic heterocycles. The van der Waals surface area contributed by atoms with Gasteiger partial charge in [-0.05, 0) is 19.9 Å². The Morgan fingerprint density at radius 1 is 1.40 bits per heavy atom. The van der Waals surface area contributed by atoms with E-state index in [4.69, 9.17) is 8.85 Å². The van der Waals surface area contributed by atoms with Crippen molar-refractivity contribution in [3.8, 4) is 0 Å². The molecule has 10 heavy (non-hydrogen) atoms. The van der Waals surface area contributed by atoms with Gasteiger partial charge in [0.25, 0.3) is 0 Å². The molecule has 0 fully saturated rings. The molecule has 1 atom stereocenters. The first kappa shape index (κ1) is 10.1. The summed E-state index contributed by atoms with van der Waals surface area (Å²) >= 11 is 0. The zero-order valence-electron chi connectivity index (χ0n) is 7.39. The maximum Gasteiger partial charge on any atom is 0.321 e. The van der Waals surface area contributed by atoms with Gasteiger partial charge in [-0.2, -0.15) is 0 Å². The van der Waals surface area contributed by atoms with Crippen molar-refractivity contribution in [2.45, 2.75) is 39.3 Å². The normalized spacial score (nSPS) is 14.1. The highest BCUT2D eigenvalue weighted by molar-refractivity contribution is 6.44. The molecule has 0 rings (SSSR count). The Balaban J connectivity index is 3.39.